The van der Waals surface area contributed by atoms with Crippen LogP contribution in [0.5, 0.6) is 0 Å². The Balaban J connectivity index is 2.23. The number of sulfonamides is 1. The van der Waals surface area contributed by atoms with Gasteiger partial charge in [-0.05, 0) is 18.4 Å². The van der Waals surface area contributed by atoms with Gasteiger partial charge in [-0.3, -0.25) is 0 Å². The van der Waals surface area contributed by atoms with Crippen LogP contribution in [-0.2, 0) is 16.6 Å². The Morgan fingerprint density at radius 1 is 1.25 bits per heavy atom. The zero-order chi connectivity index (χ0) is 15.0. The molecule has 5 nitrogen and oxygen atoms in total. The van der Waals surface area contributed by atoms with Crippen molar-refractivity contribution in [3.05, 3.63) is 18.0 Å². The number of aromatic nitrogens is 1. The van der Waals surface area contributed by atoms with Gasteiger partial charge in [0.15, 0.2) is 0 Å². The Morgan fingerprint density at radius 2 is 1.95 bits per heavy atom. The average molecular weight is 301 g/mol. The van der Waals surface area contributed by atoms with Gasteiger partial charge >= 0.3 is 0 Å². The van der Waals surface area contributed by atoms with E-state index in [9.17, 15) is 8.42 Å². The molecule has 1 aromatic heterocycles. The molecule has 0 bridgehead atoms. The van der Waals surface area contributed by atoms with Gasteiger partial charge in [0.05, 0.1) is 4.90 Å². The summed E-state index contributed by atoms with van der Waals surface area (Å²) in [5, 5.41) is 0. The van der Waals surface area contributed by atoms with Crippen molar-refractivity contribution in [3.8, 4) is 0 Å². The van der Waals surface area contributed by atoms with Crippen LogP contribution in [0.2, 0.25) is 0 Å². The number of H-pyrrole nitrogens is 1. The maximum Gasteiger partial charge on any atom is 0.242 e. The summed E-state index contributed by atoms with van der Waals surface area (Å²) in [6.45, 7) is 5.25. The van der Waals surface area contributed by atoms with Crippen LogP contribution >= 0.6 is 0 Å². The molecule has 0 atom stereocenters. The number of hydrogen-bond acceptors (Lipinski definition) is 3. The molecule has 1 aromatic rings. The number of unbranched alkanes of at least 4 members (excludes halogenated alkanes) is 3. The number of nitrogens with one attached hydrogen (secondary N) is 2. The molecule has 1 rings (SSSR count). The molecule has 0 fully saturated rings. The molecule has 0 radical (unpaired) electrons. The third kappa shape index (κ3) is 6.07. The maximum atomic E-state index is 12.0. The monoisotopic (exact) mass is 301 g/mol. The lowest BCUT2D eigenvalue weighted by Gasteiger charge is -2.06. The standard InChI is InChI=1S/C14H27N3O2S/c1-12(2)7-5-3-4-6-8-17-20(18,19)14-9-13(10-15)16-11-14/h9,11-12,16-17H,3-8,10,15H2,1-2H3. The normalized spacial score (nSPS) is 12.2. The van der Waals surface area contributed by atoms with Crippen molar-refractivity contribution in [1.29, 1.82) is 0 Å². The first kappa shape index (κ1) is 17.2. The smallest absolute Gasteiger partial charge is 0.242 e. The summed E-state index contributed by atoms with van der Waals surface area (Å²) in [5.74, 6) is 0.749. The fraction of sp³-hybridized carbons (Fsp3) is 0.714. The van der Waals surface area contributed by atoms with Gasteiger partial charge in [-0.15, -0.1) is 0 Å². The van der Waals surface area contributed by atoms with E-state index in [1.54, 1.807) is 6.07 Å². The van der Waals surface area contributed by atoms with Crippen LogP contribution in [0.1, 0.15) is 51.6 Å². The second-order valence-electron chi connectivity index (χ2n) is 5.56. The summed E-state index contributed by atoms with van der Waals surface area (Å²) < 4.78 is 26.6. The van der Waals surface area contributed by atoms with Crippen molar-refractivity contribution in [1.82, 2.24) is 9.71 Å². The highest BCUT2D eigenvalue weighted by Crippen LogP contribution is 2.11. The molecule has 0 aliphatic rings. The minimum absolute atomic E-state index is 0.262. The zero-order valence-corrected chi connectivity index (χ0v) is 13.3. The molecule has 0 saturated heterocycles. The predicted octanol–water partition coefficient (Wildman–Crippen LogP) is 2.36. The van der Waals surface area contributed by atoms with Crippen molar-refractivity contribution < 1.29 is 8.42 Å². The molecule has 0 saturated carbocycles. The van der Waals surface area contributed by atoms with Gasteiger partial charge in [0.25, 0.3) is 0 Å². The molecule has 6 heteroatoms. The first-order valence-electron chi connectivity index (χ1n) is 7.32. The number of aromatic amines is 1. The fourth-order valence-corrected chi connectivity index (χ4v) is 3.10. The van der Waals surface area contributed by atoms with Crippen LogP contribution in [0.4, 0.5) is 0 Å². The van der Waals surface area contributed by atoms with Gasteiger partial charge in [-0.2, -0.15) is 0 Å². The number of nitrogens with two attached hydrogens (primary N) is 1. The summed E-state index contributed by atoms with van der Waals surface area (Å²) in [6, 6.07) is 1.57. The van der Waals surface area contributed by atoms with Crippen molar-refractivity contribution in [2.24, 2.45) is 11.7 Å². The van der Waals surface area contributed by atoms with Gasteiger partial charge in [-0.25, -0.2) is 13.1 Å². The molecule has 1 heterocycles. The highest BCUT2D eigenvalue weighted by Gasteiger charge is 2.14. The lowest BCUT2D eigenvalue weighted by molar-refractivity contribution is 0.517. The molecule has 20 heavy (non-hydrogen) atoms. The van der Waals surface area contributed by atoms with Crippen molar-refractivity contribution in [2.45, 2.75) is 57.4 Å². The molecule has 0 aliphatic heterocycles. The molecule has 0 amide bonds. The van der Waals surface area contributed by atoms with Crippen LogP contribution < -0.4 is 10.5 Å². The van der Waals surface area contributed by atoms with E-state index >= 15 is 0 Å². The Bertz CT molecular complexity index is 480. The zero-order valence-electron chi connectivity index (χ0n) is 12.5. The second-order valence-corrected chi connectivity index (χ2v) is 7.33. The maximum absolute atomic E-state index is 12.0. The number of rotatable bonds is 10. The summed E-state index contributed by atoms with van der Waals surface area (Å²) in [6.07, 6.45) is 7.06. The van der Waals surface area contributed by atoms with E-state index < -0.39 is 10.0 Å². The number of hydrogen-bond donors (Lipinski definition) is 3. The van der Waals surface area contributed by atoms with E-state index in [0.29, 0.717) is 13.1 Å². The topological polar surface area (TPSA) is 88.0 Å². The molecule has 0 spiro atoms. The van der Waals surface area contributed by atoms with Gasteiger partial charge < -0.3 is 10.7 Å². The van der Waals surface area contributed by atoms with E-state index in [1.165, 1.54) is 25.5 Å². The largest absolute Gasteiger partial charge is 0.363 e. The molecular formula is C14H27N3O2S. The minimum Gasteiger partial charge on any atom is -0.363 e. The Labute approximate surface area is 122 Å². The van der Waals surface area contributed by atoms with E-state index in [2.05, 4.69) is 23.6 Å². The van der Waals surface area contributed by atoms with E-state index in [4.69, 9.17) is 5.73 Å². The molecule has 0 aromatic carbocycles. The van der Waals surface area contributed by atoms with Gasteiger partial charge in [0.2, 0.25) is 10.0 Å². The Kier molecular flexibility index (Phi) is 7.26. The average Bonchev–Trinajstić information content (AvgIpc) is 2.86. The summed E-state index contributed by atoms with van der Waals surface area (Å²) in [7, 11) is -3.39. The summed E-state index contributed by atoms with van der Waals surface area (Å²) >= 11 is 0. The highest BCUT2D eigenvalue weighted by atomic mass is 32.2. The predicted molar refractivity (Wildman–Crippen MR) is 81.8 cm³/mol. The van der Waals surface area contributed by atoms with E-state index in [-0.39, 0.29) is 4.90 Å². The minimum atomic E-state index is -3.39. The van der Waals surface area contributed by atoms with Crippen molar-refractivity contribution in [2.75, 3.05) is 6.54 Å². The lowest BCUT2D eigenvalue weighted by Crippen LogP contribution is -2.24. The lowest BCUT2D eigenvalue weighted by atomic mass is 10.0. The van der Waals surface area contributed by atoms with Crippen LogP contribution in [0.25, 0.3) is 0 Å². The Hall–Kier alpha value is -0.850. The van der Waals surface area contributed by atoms with Gasteiger partial charge in [0.1, 0.15) is 0 Å². The SMILES string of the molecule is CC(C)CCCCCCNS(=O)(=O)c1c[nH]c(CN)c1. The van der Waals surface area contributed by atoms with Crippen LogP contribution in [0.15, 0.2) is 17.2 Å². The van der Waals surface area contributed by atoms with Gasteiger partial charge in [0, 0.05) is 25.0 Å². The summed E-state index contributed by atoms with van der Waals surface area (Å²) in [5.41, 5.74) is 6.17. The molecule has 4 N–H and O–H groups in total. The quantitative estimate of drug-likeness (QED) is 0.580. The van der Waals surface area contributed by atoms with E-state index in [0.717, 1.165) is 24.5 Å². The molecule has 116 valence electrons. The van der Waals surface area contributed by atoms with Gasteiger partial charge in [-0.1, -0.05) is 39.5 Å². The first-order valence-corrected chi connectivity index (χ1v) is 8.81. The highest BCUT2D eigenvalue weighted by molar-refractivity contribution is 7.89. The summed E-state index contributed by atoms with van der Waals surface area (Å²) in [4.78, 5) is 3.11. The van der Waals surface area contributed by atoms with Crippen molar-refractivity contribution >= 4 is 10.0 Å². The van der Waals surface area contributed by atoms with Crippen molar-refractivity contribution in [3.63, 3.8) is 0 Å². The van der Waals surface area contributed by atoms with E-state index in [1.807, 2.05) is 0 Å². The first-order chi connectivity index (χ1) is 9.45. The molecular weight excluding hydrogens is 274 g/mol. The molecule has 0 aliphatic carbocycles. The molecule has 0 unspecified atom stereocenters. The third-order valence-electron chi connectivity index (χ3n) is 3.25. The van der Waals surface area contributed by atoms with Crippen LogP contribution in [-0.4, -0.2) is 19.9 Å². The van der Waals surface area contributed by atoms with Crippen LogP contribution in [0.3, 0.4) is 0 Å². The third-order valence-corrected chi connectivity index (χ3v) is 4.69. The van der Waals surface area contributed by atoms with Crippen LogP contribution in [0, 0.1) is 5.92 Å². The Morgan fingerprint density at radius 3 is 2.55 bits per heavy atom. The fourth-order valence-electron chi connectivity index (χ4n) is 2.01. The second kappa shape index (κ2) is 8.44.